The molecule has 1 heterocycles. The highest BCUT2D eigenvalue weighted by Crippen LogP contribution is 2.35. The van der Waals surface area contributed by atoms with Crippen LogP contribution in [-0.2, 0) is 10.0 Å². The molecule has 0 aliphatic heterocycles. The average Bonchev–Trinajstić information content (AvgIpc) is 2.68. The van der Waals surface area contributed by atoms with E-state index in [2.05, 4.69) is 18.2 Å². The highest BCUT2D eigenvalue weighted by molar-refractivity contribution is 7.89. The summed E-state index contributed by atoms with van der Waals surface area (Å²) >= 11 is 1.13. The Balaban J connectivity index is 3.11. The van der Waals surface area contributed by atoms with Gasteiger partial charge >= 0.3 is 0 Å². The van der Waals surface area contributed by atoms with Crippen molar-refractivity contribution in [2.45, 2.75) is 25.2 Å². The summed E-state index contributed by atoms with van der Waals surface area (Å²) in [5.41, 5.74) is 5.73. The molecule has 0 bridgehead atoms. The molecule has 0 radical (unpaired) electrons. The van der Waals surface area contributed by atoms with Gasteiger partial charge in [-0.05, 0) is 23.9 Å². The van der Waals surface area contributed by atoms with E-state index in [9.17, 15) is 8.42 Å². The molecule has 0 aliphatic rings. The summed E-state index contributed by atoms with van der Waals surface area (Å²) in [7, 11) is 1.28. The zero-order chi connectivity index (χ0) is 14.8. The Hall–Kier alpha value is -0.860. The molecule has 0 unspecified atom stereocenters. The number of nitrogen functional groups attached to an aromatic ring is 1. The van der Waals surface area contributed by atoms with Gasteiger partial charge in [-0.1, -0.05) is 13.8 Å². The number of anilines is 2. The van der Waals surface area contributed by atoms with Crippen molar-refractivity contribution in [2.75, 3.05) is 38.3 Å². The molecule has 0 fully saturated rings. The number of nitrogens with two attached hydrogens (primary N) is 1. The van der Waals surface area contributed by atoms with Crippen molar-refractivity contribution >= 4 is 32.4 Å². The number of sulfonamides is 1. The van der Waals surface area contributed by atoms with Crippen LogP contribution < -0.4 is 10.6 Å². The van der Waals surface area contributed by atoms with Gasteiger partial charge in [-0.15, -0.1) is 0 Å². The minimum atomic E-state index is -3.56. The first-order valence-electron chi connectivity index (χ1n) is 6.06. The summed E-state index contributed by atoms with van der Waals surface area (Å²) in [6, 6.07) is 0. The molecule has 0 aliphatic carbocycles. The summed E-state index contributed by atoms with van der Waals surface area (Å²) < 4.78 is 29.7. The van der Waals surface area contributed by atoms with Crippen LogP contribution in [0.2, 0.25) is 0 Å². The largest absolute Gasteiger partial charge is 0.382 e. The molecule has 0 saturated heterocycles. The van der Waals surface area contributed by atoms with Crippen LogP contribution in [0, 0.1) is 5.92 Å². The summed E-state index contributed by atoms with van der Waals surface area (Å²) in [4.78, 5) is 2.03. The molecule has 0 atom stereocenters. The van der Waals surface area contributed by atoms with Crippen LogP contribution in [0.1, 0.15) is 20.3 Å². The van der Waals surface area contributed by atoms with Gasteiger partial charge in [0, 0.05) is 27.7 Å². The molecule has 1 rings (SSSR count). The summed E-state index contributed by atoms with van der Waals surface area (Å²) in [5, 5.41) is 0.604. The fourth-order valence-electron chi connectivity index (χ4n) is 1.51. The minimum Gasteiger partial charge on any atom is -0.382 e. The van der Waals surface area contributed by atoms with Gasteiger partial charge in [0.1, 0.15) is 5.00 Å². The SMILES string of the molecule is CC(C)CCN(C)c1snc(N)c1S(=O)(=O)N(C)C. The molecule has 19 heavy (non-hydrogen) atoms. The van der Waals surface area contributed by atoms with Crippen molar-refractivity contribution in [3.63, 3.8) is 0 Å². The fourth-order valence-corrected chi connectivity index (χ4v) is 3.74. The summed E-state index contributed by atoms with van der Waals surface area (Å²) in [6.07, 6.45) is 0.982. The van der Waals surface area contributed by atoms with Crippen molar-refractivity contribution in [1.82, 2.24) is 8.68 Å². The molecule has 0 aromatic carbocycles. The molecule has 1 aromatic heterocycles. The Morgan fingerprint density at radius 3 is 2.37 bits per heavy atom. The summed E-state index contributed by atoms with van der Waals surface area (Å²) in [6.45, 7) is 5.04. The van der Waals surface area contributed by atoms with E-state index in [0.717, 1.165) is 28.8 Å². The van der Waals surface area contributed by atoms with Crippen LogP contribution in [-0.4, -0.2) is 44.8 Å². The van der Waals surface area contributed by atoms with Crippen molar-refractivity contribution in [1.29, 1.82) is 0 Å². The van der Waals surface area contributed by atoms with E-state index in [-0.39, 0.29) is 10.7 Å². The number of hydrogen-bond donors (Lipinski definition) is 1. The first-order chi connectivity index (χ1) is 8.67. The molecule has 8 heteroatoms. The second-order valence-corrected chi connectivity index (χ2v) is 7.93. The van der Waals surface area contributed by atoms with Gasteiger partial charge in [-0.2, -0.15) is 4.37 Å². The van der Waals surface area contributed by atoms with E-state index in [0.29, 0.717) is 10.9 Å². The predicted octanol–water partition coefficient (Wildman–Crippen LogP) is 1.46. The van der Waals surface area contributed by atoms with Gasteiger partial charge in [-0.3, -0.25) is 0 Å². The number of nitrogens with zero attached hydrogens (tertiary/aromatic N) is 3. The van der Waals surface area contributed by atoms with Gasteiger partial charge in [0.25, 0.3) is 0 Å². The minimum absolute atomic E-state index is 0.0742. The third-order valence-corrected chi connectivity index (χ3v) is 5.77. The molecule has 1 aromatic rings. The highest BCUT2D eigenvalue weighted by atomic mass is 32.2. The lowest BCUT2D eigenvalue weighted by Crippen LogP contribution is -2.26. The zero-order valence-electron chi connectivity index (χ0n) is 12.0. The van der Waals surface area contributed by atoms with Gasteiger partial charge in [0.05, 0.1) is 0 Å². The monoisotopic (exact) mass is 306 g/mol. The van der Waals surface area contributed by atoms with Crippen molar-refractivity contribution in [2.24, 2.45) is 5.92 Å². The summed E-state index contributed by atoms with van der Waals surface area (Å²) in [5.74, 6) is 0.631. The van der Waals surface area contributed by atoms with E-state index in [1.54, 1.807) is 0 Å². The molecule has 0 amide bonds. The number of hydrogen-bond acceptors (Lipinski definition) is 6. The van der Waals surface area contributed by atoms with Crippen LogP contribution >= 0.6 is 11.5 Å². The quantitative estimate of drug-likeness (QED) is 0.860. The van der Waals surface area contributed by atoms with Crippen molar-refractivity contribution < 1.29 is 8.42 Å². The maximum Gasteiger partial charge on any atom is 0.249 e. The van der Waals surface area contributed by atoms with Gasteiger partial charge in [0.2, 0.25) is 10.0 Å². The maximum atomic E-state index is 12.3. The highest BCUT2D eigenvalue weighted by Gasteiger charge is 2.29. The van der Waals surface area contributed by atoms with Crippen LogP contribution in [0.3, 0.4) is 0 Å². The van der Waals surface area contributed by atoms with Crippen LogP contribution in [0.5, 0.6) is 0 Å². The molecule has 6 nitrogen and oxygen atoms in total. The van der Waals surface area contributed by atoms with E-state index >= 15 is 0 Å². The Bertz CT molecular complexity index is 523. The first kappa shape index (κ1) is 16.2. The van der Waals surface area contributed by atoms with Gasteiger partial charge < -0.3 is 10.6 Å². The van der Waals surface area contributed by atoms with Gasteiger partial charge in [-0.25, -0.2) is 12.7 Å². The Morgan fingerprint density at radius 1 is 1.32 bits per heavy atom. The van der Waals surface area contributed by atoms with E-state index in [1.165, 1.54) is 14.1 Å². The molecular weight excluding hydrogens is 284 g/mol. The second-order valence-electron chi connectivity index (χ2n) is 5.09. The molecular formula is C11H22N4O2S2. The number of aromatic nitrogens is 1. The first-order valence-corrected chi connectivity index (χ1v) is 8.28. The normalized spacial score (nSPS) is 12.4. The smallest absolute Gasteiger partial charge is 0.249 e. The Kier molecular flexibility index (Phi) is 5.17. The lowest BCUT2D eigenvalue weighted by molar-refractivity contribution is 0.521. The van der Waals surface area contributed by atoms with Crippen molar-refractivity contribution in [3.8, 4) is 0 Å². The predicted molar refractivity (Wildman–Crippen MR) is 80.1 cm³/mol. The van der Waals surface area contributed by atoms with Crippen LogP contribution in [0.25, 0.3) is 0 Å². The fraction of sp³-hybridized carbons (Fsp3) is 0.727. The lowest BCUT2D eigenvalue weighted by atomic mass is 10.1. The average molecular weight is 306 g/mol. The van der Waals surface area contributed by atoms with Crippen molar-refractivity contribution in [3.05, 3.63) is 0 Å². The Labute approximate surface area is 119 Å². The third-order valence-electron chi connectivity index (χ3n) is 2.78. The standard InChI is InChI=1S/C11H22N4O2S2/c1-8(2)6-7-15(5)11-9(10(12)13-18-11)19(16,17)14(3)4/h8H,6-7H2,1-5H3,(H2,12,13). The Morgan fingerprint density at radius 2 is 1.89 bits per heavy atom. The van der Waals surface area contributed by atoms with Crippen LogP contribution in [0.15, 0.2) is 4.90 Å². The maximum absolute atomic E-state index is 12.3. The molecule has 0 spiro atoms. The molecule has 0 saturated carbocycles. The number of rotatable bonds is 6. The second kappa shape index (κ2) is 6.06. The third kappa shape index (κ3) is 3.58. The van der Waals surface area contributed by atoms with E-state index in [4.69, 9.17) is 5.73 Å². The molecule has 2 N–H and O–H groups in total. The zero-order valence-corrected chi connectivity index (χ0v) is 13.7. The van der Waals surface area contributed by atoms with Gasteiger partial charge in [0.15, 0.2) is 10.7 Å². The lowest BCUT2D eigenvalue weighted by Gasteiger charge is -2.20. The topological polar surface area (TPSA) is 79.5 Å². The van der Waals surface area contributed by atoms with E-state index < -0.39 is 10.0 Å². The van der Waals surface area contributed by atoms with Crippen LogP contribution in [0.4, 0.5) is 10.8 Å². The molecule has 110 valence electrons. The van der Waals surface area contributed by atoms with E-state index in [1.807, 2.05) is 11.9 Å².